The molecule has 0 aliphatic carbocycles. The van der Waals surface area contributed by atoms with Crippen LogP contribution in [0.1, 0.15) is 41.3 Å². The van der Waals surface area contributed by atoms with Gasteiger partial charge in [-0.25, -0.2) is 4.98 Å². The molecule has 0 radical (unpaired) electrons. The lowest BCUT2D eigenvalue weighted by atomic mass is 10.0. The molecule has 2 heterocycles. The van der Waals surface area contributed by atoms with Gasteiger partial charge in [0.25, 0.3) is 5.91 Å². The number of ether oxygens (including phenoxy) is 2. The number of benzene rings is 2. The zero-order valence-electron chi connectivity index (χ0n) is 19.5. The summed E-state index contributed by atoms with van der Waals surface area (Å²) < 4.78 is 11.8. The van der Waals surface area contributed by atoms with E-state index in [0.29, 0.717) is 10.7 Å². The van der Waals surface area contributed by atoms with Crippen molar-refractivity contribution in [2.75, 3.05) is 11.9 Å². The minimum absolute atomic E-state index is 0.206. The lowest BCUT2D eigenvalue weighted by molar-refractivity contribution is 0.102. The molecule has 0 saturated heterocycles. The first-order valence-electron chi connectivity index (χ1n) is 11.2. The Kier molecular flexibility index (Phi) is 7.54. The van der Waals surface area contributed by atoms with Gasteiger partial charge in [-0.1, -0.05) is 13.3 Å². The van der Waals surface area contributed by atoms with Crippen LogP contribution in [0, 0.1) is 13.8 Å². The lowest BCUT2D eigenvalue weighted by Crippen LogP contribution is -2.11. The van der Waals surface area contributed by atoms with Crippen LogP contribution in [0.2, 0.25) is 0 Å². The van der Waals surface area contributed by atoms with Crippen LogP contribution < -0.4 is 14.8 Å². The van der Waals surface area contributed by atoms with Crippen molar-refractivity contribution < 1.29 is 14.3 Å². The number of unbranched alkanes of at least 4 members (excludes halogenated alkanes) is 1. The molecule has 1 amide bonds. The van der Waals surface area contributed by atoms with Gasteiger partial charge in [-0.15, -0.1) is 11.3 Å². The van der Waals surface area contributed by atoms with E-state index in [1.54, 1.807) is 24.5 Å². The number of pyridine rings is 1. The highest BCUT2D eigenvalue weighted by Gasteiger charge is 2.14. The van der Waals surface area contributed by atoms with Gasteiger partial charge in [-0.05, 0) is 79.9 Å². The fourth-order valence-corrected chi connectivity index (χ4v) is 4.28. The maximum absolute atomic E-state index is 12.4. The Morgan fingerprint density at radius 1 is 0.971 bits per heavy atom. The van der Waals surface area contributed by atoms with E-state index in [4.69, 9.17) is 9.47 Å². The number of hydrogen-bond acceptors (Lipinski definition) is 6. The van der Waals surface area contributed by atoms with Crippen molar-refractivity contribution in [3.8, 4) is 28.5 Å². The number of carbonyl (C=O) groups is 1. The van der Waals surface area contributed by atoms with Crippen LogP contribution in [0.3, 0.4) is 0 Å². The average molecular weight is 474 g/mol. The molecule has 0 bridgehead atoms. The van der Waals surface area contributed by atoms with Gasteiger partial charge >= 0.3 is 0 Å². The number of thiazole rings is 1. The minimum atomic E-state index is -0.206. The van der Waals surface area contributed by atoms with Gasteiger partial charge in [-0.2, -0.15) is 0 Å². The summed E-state index contributed by atoms with van der Waals surface area (Å²) in [4.78, 5) is 21.0. The van der Waals surface area contributed by atoms with E-state index in [1.807, 2.05) is 55.6 Å². The zero-order valence-corrected chi connectivity index (χ0v) is 20.3. The molecule has 2 aromatic carbocycles. The number of aryl methyl sites for hydroxylation is 2. The fourth-order valence-electron chi connectivity index (χ4n) is 3.58. The summed E-state index contributed by atoms with van der Waals surface area (Å²) in [5, 5.41) is 5.36. The van der Waals surface area contributed by atoms with Gasteiger partial charge in [-0.3, -0.25) is 15.1 Å². The molecule has 0 saturated carbocycles. The number of amides is 1. The van der Waals surface area contributed by atoms with Gasteiger partial charge in [0.15, 0.2) is 5.13 Å². The standard InChI is InChI=1S/C27H27N3O3S/c1-4-5-14-32-21-6-8-22(9-7-21)33-23-15-18(2)25(19(3)16-23)24-17-34-27(29-24)30-26(31)20-10-12-28-13-11-20/h6-13,15-17H,4-5,14H2,1-3H3,(H,29,30,31). The molecule has 4 rings (SSSR count). The topological polar surface area (TPSA) is 73.3 Å². The summed E-state index contributed by atoms with van der Waals surface area (Å²) in [6.07, 6.45) is 5.33. The van der Waals surface area contributed by atoms with E-state index in [-0.39, 0.29) is 5.91 Å². The molecule has 4 aromatic rings. The summed E-state index contributed by atoms with van der Waals surface area (Å²) in [6.45, 7) is 6.94. The van der Waals surface area contributed by atoms with Crippen LogP contribution in [-0.2, 0) is 0 Å². The number of rotatable bonds is 9. The molecule has 34 heavy (non-hydrogen) atoms. The van der Waals surface area contributed by atoms with Crippen molar-refractivity contribution >= 4 is 22.4 Å². The number of nitrogens with zero attached hydrogens (tertiary/aromatic N) is 2. The van der Waals surface area contributed by atoms with Crippen molar-refractivity contribution in [3.05, 3.63) is 83.0 Å². The highest BCUT2D eigenvalue weighted by atomic mass is 32.1. The van der Waals surface area contributed by atoms with Crippen LogP contribution in [0.4, 0.5) is 5.13 Å². The molecule has 0 aliphatic rings. The number of carbonyl (C=O) groups excluding carboxylic acids is 1. The summed E-state index contributed by atoms with van der Waals surface area (Å²) in [6, 6.07) is 15.0. The Morgan fingerprint density at radius 3 is 2.32 bits per heavy atom. The first-order valence-corrected chi connectivity index (χ1v) is 12.1. The third-order valence-corrected chi connectivity index (χ3v) is 6.01. The molecule has 0 aliphatic heterocycles. The predicted octanol–water partition coefficient (Wildman–Crippen LogP) is 7.05. The van der Waals surface area contributed by atoms with Crippen molar-refractivity contribution in [2.45, 2.75) is 33.6 Å². The second-order valence-electron chi connectivity index (χ2n) is 7.94. The molecular formula is C27H27N3O3S. The van der Waals surface area contributed by atoms with Crippen LogP contribution >= 0.6 is 11.3 Å². The molecule has 1 N–H and O–H groups in total. The van der Waals surface area contributed by atoms with Crippen LogP contribution in [-0.4, -0.2) is 22.5 Å². The van der Waals surface area contributed by atoms with Crippen molar-refractivity contribution in [2.24, 2.45) is 0 Å². The smallest absolute Gasteiger partial charge is 0.257 e. The second-order valence-corrected chi connectivity index (χ2v) is 8.79. The molecule has 0 fully saturated rings. The van der Waals surface area contributed by atoms with Gasteiger partial charge in [0.1, 0.15) is 17.2 Å². The van der Waals surface area contributed by atoms with Crippen LogP contribution in [0.5, 0.6) is 17.2 Å². The maximum Gasteiger partial charge on any atom is 0.257 e. The molecule has 174 valence electrons. The van der Waals surface area contributed by atoms with E-state index in [1.165, 1.54) is 11.3 Å². The Labute approximate surface area is 203 Å². The maximum atomic E-state index is 12.4. The summed E-state index contributed by atoms with van der Waals surface area (Å²) in [5.74, 6) is 2.16. The van der Waals surface area contributed by atoms with Gasteiger partial charge in [0.2, 0.25) is 0 Å². The van der Waals surface area contributed by atoms with Crippen LogP contribution in [0.25, 0.3) is 11.3 Å². The summed E-state index contributed by atoms with van der Waals surface area (Å²) in [7, 11) is 0. The van der Waals surface area contributed by atoms with E-state index in [0.717, 1.165) is 59.1 Å². The second kappa shape index (κ2) is 10.9. The third kappa shape index (κ3) is 5.80. The number of anilines is 1. The average Bonchev–Trinajstić information content (AvgIpc) is 3.28. The number of aromatic nitrogens is 2. The molecule has 0 atom stereocenters. The number of hydrogen-bond donors (Lipinski definition) is 1. The Bertz CT molecular complexity index is 1230. The number of nitrogens with one attached hydrogen (secondary N) is 1. The highest BCUT2D eigenvalue weighted by Crippen LogP contribution is 2.34. The van der Waals surface area contributed by atoms with E-state index in [9.17, 15) is 4.79 Å². The molecule has 0 spiro atoms. The normalized spacial score (nSPS) is 10.7. The largest absolute Gasteiger partial charge is 0.494 e. The zero-order chi connectivity index (χ0) is 23.9. The van der Waals surface area contributed by atoms with Crippen LogP contribution in [0.15, 0.2) is 66.3 Å². The van der Waals surface area contributed by atoms with E-state index < -0.39 is 0 Å². The van der Waals surface area contributed by atoms with Gasteiger partial charge in [0, 0.05) is 28.9 Å². The molecule has 2 aromatic heterocycles. The highest BCUT2D eigenvalue weighted by molar-refractivity contribution is 7.14. The third-order valence-electron chi connectivity index (χ3n) is 5.26. The SMILES string of the molecule is CCCCOc1ccc(Oc2cc(C)c(-c3csc(NC(=O)c4ccncc4)n3)c(C)c2)cc1. The van der Waals surface area contributed by atoms with Crippen molar-refractivity contribution in [3.63, 3.8) is 0 Å². The molecule has 6 nitrogen and oxygen atoms in total. The minimum Gasteiger partial charge on any atom is -0.494 e. The summed E-state index contributed by atoms with van der Waals surface area (Å²) >= 11 is 1.40. The quantitative estimate of drug-likeness (QED) is 0.264. The Morgan fingerprint density at radius 2 is 1.65 bits per heavy atom. The molecule has 0 unspecified atom stereocenters. The monoisotopic (exact) mass is 473 g/mol. The molecular weight excluding hydrogens is 446 g/mol. The predicted molar refractivity (Wildman–Crippen MR) is 136 cm³/mol. The van der Waals surface area contributed by atoms with Crippen molar-refractivity contribution in [1.29, 1.82) is 0 Å². The van der Waals surface area contributed by atoms with E-state index in [2.05, 4.69) is 22.2 Å². The Hall–Kier alpha value is -3.71. The fraction of sp³-hybridized carbons (Fsp3) is 0.222. The molecule has 7 heteroatoms. The lowest BCUT2D eigenvalue weighted by Gasteiger charge is -2.13. The van der Waals surface area contributed by atoms with Crippen molar-refractivity contribution in [1.82, 2.24) is 9.97 Å². The van der Waals surface area contributed by atoms with Gasteiger partial charge in [0.05, 0.1) is 12.3 Å². The summed E-state index contributed by atoms with van der Waals surface area (Å²) in [5.41, 5.74) is 4.50. The first kappa shape index (κ1) is 23.4. The van der Waals surface area contributed by atoms with Gasteiger partial charge < -0.3 is 9.47 Å². The Balaban J connectivity index is 1.45. The first-order chi connectivity index (χ1) is 16.5. The van der Waals surface area contributed by atoms with E-state index >= 15 is 0 Å².